The molecule has 0 saturated carbocycles. The van der Waals surface area contributed by atoms with Gasteiger partial charge in [-0.3, -0.25) is 14.6 Å². The molecule has 2 aromatic carbocycles. The van der Waals surface area contributed by atoms with Crippen LogP contribution in [0.1, 0.15) is 42.1 Å². The van der Waals surface area contributed by atoms with Crippen LogP contribution in [0, 0.1) is 0 Å². The first kappa shape index (κ1) is 22.7. The van der Waals surface area contributed by atoms with Gasteiger partial charge in [0, 0.05) is 30.9 Å². The summed E-state index contributed by atoms with van der Waals surface area (Å²) in [5, 5.41) is 11.4. The zero-order valence-corrected chi connectivity index (χ0v) is 19.6. The van der Waals surface area contributed by atoms with Gasteiger partial charge in [0.25, 0.3) is 11.7 Å². The van der Waals surface area contributed by atoms with E-state index < -0.39 is 17.7 Å². The molecule has 1 N–H and O–H groups in total. The summed E-state index contributed by atoms with van der Waals surface area (Å²) in [6.07, 6.45) is 4.08. The number of nitrogens with zero attached hydrogens (tertiary/aromatic N) is 2. The Morgan fingerprint density at radius 2 is 2.03 bits per heavy atom. The summed E-state index contributed by atoms with van der Waals surface area (Å²) in [7, 11) is 0. The van der Waals surface area contributed by atoms with Crippen LogP contribution in [0.4, 0.5) is 0 Å². The van der Waals surface area contributed by atoms with Crippen molar-refractivity contribution in [2.75, 3.05) is 6.61 Å². The highest BCUT2D eigenvalue weighted by Gasteiger charge is 2.46. The summed E-state index contributed by atoms with van der Waals surface area (Å²) in [5.41, 5.74) is 2.95. The van der Waals surface area contributed by atoms with Crippen molar-refractivity contribution >= 4 is 17.4 Å². The molecular weight excluding hydrogens is 444 g/mol. The number of ether oxygens (including phenoxy) is 2. The predicted octanol–water partition coefficient (Wildman–Crippen LogP) is 4.43. The van der Waals surface area contributed by atoms with E-state index in [9.17, 15) is 14.7 Å². The predicted molar refractivity (Wildman–Crippen MR) is 130 cm³/mol. The molecule has 0 radical (unpaired) electrons. The topological polar surface area (TPSA) is 89.0 Å². The molecule has 1 amide bonds. The molecule has 178 valence electrons. The SMILES string of the molecule is CCOc1cccc(C2/C(=C(\O)c3ccc4c(c3)CC(C)O4)C(=O)C(=O)N2Cc2cccnc2)c1. The van der Waals surface area contributed by atoms with Crippen molar-refractivity contribution < 1.29 is 24.2 Å². The van der Waals surface area contributed by atoms with E-state index >= 15 is 0 Å². The Bertz CT molecular complexity index is 1320. The van der Waals surface area contributed by atoms with E-state index in [-0.39, 0.29) is 24.0 Å². The van der Waals surface area contributed by atoms with Crippen LogP contribution in [0.5, 0.6) is 11.5 Å². The highest BCUT2D eigenvalue weighted by molar-refractivity contribution is 6.46. The van der Waals surface area contributed by atoms with Gasteiger partial charge in [0.15, 0.2) is 0 Å². The third-order valence-electron chi connectivity index (χ3n) is 6.27. The van der Waals surface area contributed by atoms with Crippen molar-refractivity contribution in [1.82, 2.24) is 9.88 Å². The number of Topliss-reactive ketones (excluding diaryl/α,β-unsaturated/α-hetero) is 1. The number of benzene rings is 2. The van der Waals surface area contributed by atoms with E-state index in [2.05, 4.69) is 4.98 Å². The first-order chi connectivity index (χ1) is 17.0. The fraction of sp³-hybridized carbons (Fsp3) is 0.250. The molecule has 2 atom stereocenters. The lowest BCUT2D eigenvalue weighted by molar-refractivity contribution is -0.140. The molecular formula is C28H26N2O5. The van der Waals surface area contributed by atoms with Crippen LogP contribution in [-0.4, -0.2) is 39.4 Å². The Morgan fingerprint density at radius 1 is 1.17 bits per heavy atom. The number of carbonyl (C=O) groups is 2. The average molecular weight is 471 g/mol. The van der Waals surface area contributed by atoms with E-state index in [1.807, 2.05) is 50.2 Å². The number of rotatable bonds is 6. The zero-order chi connectivity index (χ0) is 24.5. The van der Waals surface area contributed by atoms with Gasteiger partial charge in [0.1, 0.15) is 23.4 Å². The Kier molecular flexibility index (Phi) is 5.99. The molecule has 0 bridgehead atoms. The van der Waals surface area contributed by atoms with E-state index in [0.717, 1.165) is 16.9 Å². The molecule has 3 heterocycles. The van der Waals surface area contributed by atoms with Crippen LogP contribution in [0.25, 0.3) is 5.76 Å². The summed E-state index contributed by atoms with van der Waals surface area (Å²) in [6.45, 7) is 4.53. The minimum Gasteiger partial charge on any atom is -0.507 e. The van der Waals surface area contributed by atoms with Crippen LogP contribution in [0.2, 0.25) is 0 Å². The van der Waals surface area contributed by atoms with E-state index in [4.69, 9.17) is 9.47 Å². The fourth-order valence-corrected chi connectivity index (χ4v) is 4.74. The van der Waals surface area contributed by atoms with Gasteiger partial charge in [0.2, 0.25) is 0 Å². The highest BCUT2D eigenvalue weighted by atomic mass is 16.5. The molecule has 1 saturated heterocycles. The van der Waals surface area contributed by atoms with Gasteiger partial charge in [-0.1, -0.05) is 18.2 Å². The largest absolute Gasteiger partial charge is 0.507 e. The Balaban J connectivity index is 1.63. The summed E-state index contributed by atoms with van der Waals surface area (Å²) >= 11 is 0. The molecule has 0 aliphatic carbocycles. The number of aliphatic hydroxyl groups is 1. The minimum atomic E-state index is -0.779. The number of amides is 1. The zero-order valence-electron chi connectivity index (χ0n) is 19.6. The van der Waals surface area contributed by atoms with Crippen LogP contribution >= 0.6 is 0 Å². The number of hydrogen-bond donors (Lipinski definition) is 1. The van der Waals surface area contributed by atoms with Crippen molar-refractivity contribution in [1.29, 1.82) is 0 Å². The number of aromatic nitrogens is 1. The monoisotopic (exact) mass is 470 g/mol. The molecule has 7 heteroatoms. The number of aliphatic hydroxyl groups excluding tert-OH is 1. The van der Waals surface area contributed by atoms with Crippen molar-refractivity contribution in [3.8, 4) is 11.5 Å². The number of likely N-dealkylation sites (tertiary alicyclic amines) is 1. The summed E-state index contributed by atoms with van der Waals surface area (Å²) in [4.78, 5) is 32.2. The Morgan fingerprint density at radius 3 is 2.80 bits per heavy atom. The molecule has 1 aromatic heterocycles. The van der Waals surface area contributed by atoms with Gasteiger partial charge in [-0.05, 0) is 66.9 Å². The lowest BCUT2D eigenvalue weighted by atomic mass is 9.94. The first-order valence-electron chi connectivity index (χ1n) is 11.7. The first-order valence-corrected chi connectivity index (χ1v) is 11.7. The maximum Gasteiger partial charge on any atom is 0.295 e. The Labute approximate surface area is 203 Å². The van der Waals surface area contributed by atoms with Crippen LogP contribution < -0.4 is 9.47 Å². The second-order valence-corrected chi connectivity index (χ2v) is 8.75. The average Bonchev–Trinajstić information content (AvgIpc) is 3.35. The van der Waals surface area contributed by atoms with Crippen molar-refractivity contribution in [2.24, 2.45) is 0 Å². The fourth-order valence-electron chi connectivity index (χ4n) is 4.74. The molecule has 7 nitrogen and oxygen atoms in total. The van der Waals surface area contributed by atoms with Gasteiger partial charge in [-0.15, -0.1) is 0 Å². The van der Waals surface area contributed by atoms with Crippen molar-refractivity contribution in [3.63, 3.8) is 0 Å². The third-order valence-corrected chi connectivity index (χ3v) is 6.27. The Hall–Kier alpha value is -4.13. The molecule has 3 aromatic rings. The normalized spacial score (nSPS) is 20.6. The van der Waals surface area contributed by atoms with Crippen molar-refractivity contribution in [2.45, 2.75) is 39.0 Å². The van der Waals surface area contributed by atoms with Gasteiger partial charge < -0.3 is 19.5 Å². The van der Waals surface area contributed by atoms with E-state index in [1.54, 1.807) is 30.6 Å². The molecule has 0 spiro atoms. The second-order valence-electron chi connectivity index (χ2n) is 8.75. The standard InChI is InChI=1S/C28H26N2O5/c1-3-34-22-8-4-7-19(14-22)25-24(26(31)20-9-10-23-21(13-20)12-17(2)35-23)27(32)28(33)30(25)16-18-6-5-11-29-15-18/h4-11,13-15,17,25,31H,3,12,16H2,1-2H3/b26-24+. The quantitative estimate of drug-likeness (QED) is 0.326. The van der Waals surface area contributed by atoms with Gasteiger partial charge >= 0.3 is 0 Å². The number of pyridine rings is 1. The van der Waals surface area contributed by atoms with Crippen LogP contribution in [0.3, 0.4) is 0 Å². The van der Waals surface area contributed by atoms with Gasteiger partial charge in [-0.25, -0.2) is 0 Å². The maximum atomic E-state index is 13.3. The van der Waals surface area contributed by atoms with Crippen LogP contribution in [-0.2, 0) is 22.6 Å². The number of carbonyl (C=O) groups excluding carboxylic acids is 2. The van der Waals surface area contributed by atoms with E-state index in [0.29, 0.717) is 29.9 Å². The molecule has 1 fully saturated rings. The molecule has 2 aliphatic rings. The third kappa shape index (κ3) is 4.25. The number of ketones is 1. The van der Waals surface area contributed by atoms with Crippen molar-refractivity contribution in [3.05, 3.63) is 94.8 Å². The van der Waals surface area contributed by atoms with Gasteiger partial charge in [0.05, 0.1) is 18.2 Å². The van der Waals surface area contributed by atoms with E-state index in [1.165, 1.54) is 4.90 Å². The highest BCUT2D eigenvalue weighted by Crippen LogP contribution is 2.42. The van der Waals surface area contributed by atoms with Crippen LogP contribution in [0.15, 0.2) is 72.6 Å². The summed E-state index contributed by atoms with van der Waals surface area (Å²) in [5.74, 6) is -0.192. The maximum absolute atomic E-state index is 13.3. The molecule has 2 unspecified atom stereocenters. The van der Waals surface area contributed by atoms with Gasteiger partial charge in [-0.2, -0.15) is 0 Å². The molecule has 35 heavy (non-hydrogen) atoms. The summed E-state index contributed by atoms with van der Waals surface area (Å²) in [6, 6.07) is 15.5. The minimum absolute atomic E-state index is 0.0498. The smallest absolute Gasteiger partial charge is 0.295 e. The number of hydrogen-bond acceptors (Lipinski definition) is 6. The molecule has 5 rings (SSSR count). The summed E-state index contributed by atoms with van der Waals surface area (Å²) < 4.78 is 11.4. The second kappa shape index (κ2) is 9.25. The molecule has 2 aliphatic heterocycles. The number of fused-ring (bicyclic) bond motifs is 1. The lowest BCUT2D eigenvalue weighted by Crippen LogP contribution is -2.29. The lowest BCUT2D eigenvalue weighted by Gasteiger charge is -2.25.